The minimum absolute atomic E-state index is 0.142. The number of rotatable bonds is 3. The monoisotopic (exact) mass is 290 g/mol. The van der Waals surface area contributed by atoms with E-state index in [-0.39, 0.29) is 5.22 Å². The van der Waals surface area contributed by atoms with Gasteiger partial charge in [0.1, 0.15) is 0 Å². The van der Waals surface area contributed by atoms with E-state index < -0.39 is 17.8 Å². The van der Waals surface area contributed by atoms with Crippen LogP contribution in [0.2, 0.25) is 5.22 Å². The third kappa shape index (κ3) is 2.91. The Hall–Kier alpha value is -1.50. The molecule has 1 aromatic heterocycles. The smallest absolute Gasteiger partial charge is 0.416 e. The molecule has 102 valence electrons. The van der Waals surface area contributed by atoms with Crippen LogP contribution in [0.3, 0.4) is 0 Å². The maximum Gasteiger partial charge on any atom is 0.416 e. The maximum absolute atomic E-state index is 12.5. The molecule has 0 aliphatic heterocycles. The fourth-order valence-corrected chi connectivity index (χ4v) is 1.96. The van der Waals surface area contributed by atoms with Crippen LogP contribution in [-0.4, -0.2) is 0 Å². The molecule has 7 heteroatoms. The van der Waals surface area contributed by atoms with Crippen molar-refractivity contribution >= 4 is 11.6 Å². The zero-order valence-electron chi connectivity index (χ0n) is 9.54. The highest BCUT2D eigenvalue weighted by Gasteiger charge is 2.30. The molecule has 0 amide bonds. The van der Waals surface area contributed by atoms with Crippen LogP contribution in [0.5, 0.6) is 0 Å². The van der Waals surface area contributed by atoms with E-state index in [1.165, 1.54) is 18.4 Å². The first kappa shape index (κ1) is 13.9. The van der Waals surface area contributed by atoms with Crippen LogP contribution < -0.4 is 11.3 Å². The number of nitrogens with one attached hydrogen (secondary N) is 1. The summed E-state index contributed by atoms with van der Waals surface area (Å²) in [4.78, 5) is 0. The van der Waals surface area contributed by atoms with Gasteiger partial charge in [0.2, 0.25) is 0 Å². The lowest BCUT2D eigenvalue weighted by Crippen LogP contribution is -2.28. The van der Waals surface area contributed by atoms with Crippen molar-refractivity contribution in [2.24, 2.45) is 5.84 Å². The average Bonchev–Trinajstić information content (AvgIpc) is 2.76. The van der Waals surface area contributed by atoms with Gasteiger partial charge in [0, 0.05) is 5.56 Å². The number of hydrazine groups is 1. The molecular weight excluding hydrogens is 281 g/mol. The summed E-state index contributed by atoms with van der Waals surface area (Å²) in [6.45, 7) is 0. The van der Waals surface area contributed by atoms with Gasteiger partial charge < -0.3 is 4.42 Å². The predicted octanol–water partition coefficient (Wildman–Crippen LogP) is 3.50. The molecule has 0 bridgehead atoms. The summed E-state index contributed by atoms with van der Waals surface area (Å²) in [5.41, 5.74) is 2.89. The van der Waals surface area contributed by atoms with E-state index in [0.29, 0.717) is 11.1 Å². The number of nitrogens with two attached hydrogens (primary N) is 1. The lowest BCUT2D eigenvalue weighted by atomic mass is 10.0. The second-order valence-corrected chi connectivity index (χ2v) is 4.21. The van der Waals surface area contributed by atoms with Gasteiger partial charge in [0.05, 0.1) is 17.9 Å². The van der Waals surface area contributed by atoms with Crippen molar-refractivity contribution in [1.29, 1.82) is 0 Å². The highest BCUT2D eigenvalue weighted by atomic mass is 35.5. The van der Waals surface area contributed by atoms with E-state index in [4.69, 9.17) is 21.9 Å². The molecule has 0 aliphatic carbocycles. The van der Waals surface area contributed by atoms with Gasteiger partial charge in [-0.2, -0.15) is 13.2 Å². The number of benzene rings is 1. The lowest BCUT2D eigenvalue weighted by Gasteiger charge is -2.16. The topological polar surface area (TPSA) is 51.2 Å². The molecule has 0 fully saturated rings. The highest BCUT2D eigenvalue weighted by Crippen LogP contribution is 2.32. The van der Waals surface area contributed by atoms with Crippen molar-refractivity contribution in [2.75, 3.05) is 0 Å². The van der Waals surface area contributed by atoms with Crippen molar-refractivity contribution in [1.82, 2.24) is 5.43 Å². The molecule has 0 radical (unpaired) electrons. The summed E-state index contributed by atoms with van der Waals surface area (Å²) in [5, 5.41) is 0.142. The quantitative estimate of drug-likeness (QED) is 0.672. The largest absolute Gasteiger partial charge is 0.453 e. The molecule has 1 heterocycles. The summed E-state index contributed by atoms with van der Waals surface area (Å²) in [7, 11) is 0. The molecule has 1 unspecified atom stereocenters. The van der Waals surface area contributed by atoms with E-state index in [9.17, 15) is 13.2 Å². The molecule has 3 nitrogen and oxygen atoms in total. The van der Waals surface area contributed by atoms with Gasteiger partial charge in [0.15, 0.2) is 5.22 Å². The summed E-state index contributed by atoms with van der Waals surface area (Å²) >= 11 is 5.82. The number of hydrogen-bond acceptors (Lipinski definition) is 3. The fraction of sp³-hybridized carbons (Fsp3) is 0.167. The van der Waals surface area contributed by atoms with Crippen molar-refractivity contribution in [3.05, 3.63) is 58.5 Å². The molecule has 2 aromatic rings. The van der Waals surface area contributed by atoms with E-state index >= 15 is 0 Å². The Balaban J connectivity index is 2.33. The molecule has 0 spiro atoms. The first-order chi connectivity index (χ1) is 8.93. The molecule has 1 aromatic carbocycles. The Kier molecular flexibility index (Phi) is 3.84. The zero-order valence-corrected chi connectivity index (χ0v) is 10.3. The molecule has 19 heavy (non-hydrogen) atoms. The minimum atomic E-state index is -4.36. The minimum Gasteiger partial charge on any atom is -0.453 e. The Bertz CT molecular complexity index is 551. The van der Waals surface area contributed by atoms with E-state index in [2.05, 4.69) is 5.43 Å². The molecule has 1 atom stereocenters. The van der Waals surface area contributed by atoms with Crippen LogP contribution in [0, 0.1) is 0 Å². The van der Waals surface area contributed by atoms with Gasteiger partial charge >= 0.3 is 6.18 Å². The number of hydrogen-bond donors (Lipinski definition) is 2. The summed E-state index contributed by atoms with van der Waals surface area (Å²) in [6, 6.07) is 5.74. The van der Waals surface area contributed by atoms with Gasteiger partial charge in [-0.05, 0) is 35.4 Å². The number of halogens is 4. The number of alkyl halides is 3. The second kappa shape index (κ2) is 5.24. The first-order valence-electron chi connectivity index (χ1n) is 5.29. The van der Waals surface area contributed by atoms with Crippen LogP contribution in [-0.2, 0) is 6.18 Å². The number of furan rings is 1. The summed E-state index contributed by atoms with van der Waals surface area (Å²) in [5.74, 6) is 5.42. The molecule has 0 saturated carbocycles. The summed E-state index contributed by atoms with van der Waals surface area (Å²) in [6.07, 6.45) is -2.98. The molecule has 2 rings (SSSR count). The first-order valence-corrected chi connectivity index (χ1v) is 5.67. The highest BCUT2D eigenvalue weighted by molar-refractivity contribution is 6.29. The van der Waals surface area contributed by atoms with Crippen LogP contribution in [0.1, 0.15) is 22.7 Å². The van der Waals surface area contributed by atoms with Crippen molar-refractivity contribution < 1.29 is 17.6 Å². The molecule has 0 aliphatic rings. The van der Waals surface area contributed by atoms with E-state index in [1.807, 2.05) is 0 Å². The van der Waals surface area contributed by atoms with Crippen LogP contribution in [0.4, 0.5) is 13.2 Å². The predicted molar refractivity (Wildman–Crippen MR) is 64.3 cm³/mol. The Labute approximate surface area is 112 Å². The van der Waals surface area contributed by atoms with Gasteiger partial charge in [-0.1, -0.05) is 12.1 Å². The zero-order chi connectivity index (χ0) is 14.0. The van der Waals surface area contributed by atoms with Gasteiger partial charge in [-0.15, -0.1) is 0 Å². The van der Waals surface area contributed by atoms with E-state index in [0.717, 1.165) is 12.1 Å². The third-order valence-electron chi connectivity index (χ3n) is 2.70. The van der Waals surface area contributed by atoms with Crippen LogP contribution >= 0.6 is 11.6 Å². The van der Waals surface area contributed by atoms with Crippen molar-refractivity contribution in [2.45, 2.75) is 12.2 Å². The fourth-order valence-electron chi connectivity index (χ4n) is 1.74. The Morgan fingerprint density at radius 1 is 1.16 bits per heavy atom. The Morgan fingerprint density at radius 2 is 1.79 bits per heavy atom. The van der Waals surface area contributed by atoms with Crippen molar-refractivity contribution in [3.8, 4) is 0 Å². The molecular formula is C12H10ClF3N2O. The average molecular weight is 291 g/mol. The summed E-state index contributed by atoms with van der Waals surface area (Å²) < 4.78 is 42.3. The third-order valence-corrected chi connectivity index (χ3v) is 3.00. The lowest BCUT2D eigenvalue weighted by molar-refractivity contribution is -0.137. The second-order valence-electron chi connectivity index (χ2n) is 3.87. The molecule has 3 N–H and O–H groups in total. The Morgan fingerprint density at radius 3 is 2.21 bits per heavy atom. The van der Waals surface area contributed by atoms with Crippen LogP contribution in [0.15, 0.2) is 41.0 Å². The van der Waals surface area contributed by atoms with Gasteiger partial charge in [-0.25, -0.2) is 5.43 Å². The van der Waals surface area contributed by atoms with Crippen LogP contribution in [0.25, 0.3) is 0 Å². The standard InChI is InChI=1S/C12H10ClF3N2O/c13-11-9(5-6-19-11)10(18-17)7-1-3-8(4-2-7)12(14,15)16/h1-6,10,18H,17H2. The molecule has 0 saturated heterocycles. The normalized spacial score (nSPS) is 13.5. The van der Waals surface area contributed by atoms with Gasteiger partial charge in [0.25, 0.3) is 0 Å². The van der Waals surface area contributed by atoms with Crippen molar-refractivity contribution in [3.63, 3.8) is 0 Å². The van der Waals surface area contributed by atoms with E-state index in [1.54, 1.807) is 6.07 Å². The maximum atomic E-state index is 12.5. The SMILES string of the molecule is NNC(c1ccc(C(F)(F)F)cc1)c1ccoc1Cl. The van der Waals surface area contributed by atoms with Gasteiger partial charge in [-0.3, -0.25) is 5.84 Å².